The summed E-state index contributed by atoms with van der Waals surface area (Å²) < 4.78 is 34.8. The molecule has 28 heavy (non-hydrogen) atoms. The van der Waals surface area contributed by atoms with Gasteiger partial charge < -0.3 is 20.1 Å². The van der Waals surface area contributed by atoms with Crippen LogP contribution in [-0.4, -0.2) is 41.1 Å². The van der Waals surface area contributed by atoms with Crippen molar-refractivity contribution >= 4 is 23.5 Å². The molecule has 8 nitrogen and oxygen atoms in total. The average molecular weight is 395 g/mol. The first kappa shape index (κ1) is 18.5. The predicted octanol–water partition coefficient (Wildman–Crippen LogP) is 2.45. The topological polar surface area (TPSA) is 97.0 Å². The van der Waals surface area contributed by atoms with Gasteiger partial charge in [-0.3, -0.25) is 14.5 Å². The van der Waals surface area contributed by atoms with Crippen LogP contribution in [0, 0.1) is 5.92 Å². The van der Waals surface area contributed by atoms with Crippen LogP contribution in [0.25, 0.3) is 0 Å². The van der Waals surface area contributed by atoms with E-state index in [2.05, 4.69) is 20.1 Å². The number of carbonyl (C=O) groups is 3. The quantitative estimate of drug-likeness (QED) is 0.767. The van der Waals surface area contributed by atoms with Crippen LogP contribution in [0.5, 0.6) is 11.5 Å². The SMILES string of the molecule is C[C@H]1CCCC[C@@]12NC(=O)N(CC(=O)Nc1ccc3c(c1)OC(F)(F)O3)C2=O. The lowest BCUT2D eigenvalue weighted by Gasteiger charge is -2.36. The Morgan fingerprint density at radius 2 is 2.04 bits per heavy atom. The van der Waals surface area contributed by atoms with Gasteiger partial charge in [-0.1, -0.05) is 19.8 Å². The van der Waals surface area contributed by atoms with Crippen LogP contribution in [-0.2, 0) is 9.59 Å². The van der Waals surface area contributed by atoms with E-state index in [1.807, 2.05) is 6.92 Å². The number of urea groups is 1. The minimum Gasteiger partial charge on any atom is -0.395 e. The van der Waals surface area contributed by atoms with Crippen molar-refractivity contribution in [2.24, 2.45) is 5.92 Å². The van der Waals surface area contributed by atoms with E-state index < -0.39 is 36.2 Å². The number of ether oxygens (including phenoxy) is 2. The number of halogens is 2. The highest BCUT2D eigenvalue weighted by Gasteiger charge is 2.55. The number of hydrogen-bond donors (Lipinski definition) is 2. The lowest BCUT2D eigenvalue weighted by Crippen LogP contribution is -2.54. The summed E-state index contributed by atoms with van der Waals surface area (Å²) in [6, 6.07) is 3.18. The van der Waals surface area contributed by atoms with Gasteiger partial charge in [-0.25, -0.2) is 4.79 Å². The van der Waals surface area contributed by atoms with Crippen molar-refractivity contribution in [3.63, 3.8) is 0 Å². The molecule has 3 aliphatic rings. The van der Waals surface area contributed by atoms with Crippen LogP contribution in [0.4, 0.5) is 19.3 Å². The van der Waals surface area contributed by atoms with Gasteiger partial charge in [-0.2, -0.15) is 0 Å². The van der Waals surface area contributed by atoms with E-state index in [0.29, 0.717) is 6.42 Å². The number of carbonyl (C=O) groups excluding carboxylic acids is 3. The second kappa shape index (κ2) is 6.32. The monoisotopic (exact) mass is 395 g/mol. The van der Waals surface area contributed by atoms with E-state index in [0.717, 1.165) is 24.2 Å². The minimum atomic E-state index is -3.75. The molecule has 0 radical (unpaired) electrons. The molecule has 1 spiro atoms. The zero-order valence-electron chi connectivity index (χ0n) is 15.1. The molecule has 2 N–H and O–H groups in total. The summed E-state index contributed by atoms with van der Waals surface area (Å²) in [7, 11) is 0. The fraction of sp³-hybridized carbons (Fsp3) is 0.500. The first-order chi connectivity index (χ1) is 13.2. The molecular formula is C18H19F2N3O5. The van der Waals surface area contributed by atoms with Gasteiger partial charge in [0, 0.05) is 11.8 Å². The summed E-state index contributed by atoms with van der Waals surface area (Å²) in [5.74, 6) is -1.40. The first-order valence-electron chi connectivity index (χ1n) is 9.04. The average Bonchev–Trinajstić information content (AvgIpc) is 3.05. The normalized spacial score (nSPS) is 27.8. The Bertz CT molecular complexity index is 862. The lowest BCUT2D eigenvalue weighted by atomic mass is 9.73. The van der Waals surface area contributed by atoms with Crippen molar-refractivity contribution in [2.45, 2.75) is 44.4 Å². The number of amides is 4. The van der Waals surface area contributed by atoms with E-state index in [-0.39, 0.29) is 23.1 Å². The molecule has 1 aliphatic carbocycles. The van der Waals surface area contributed by atoms with Crippen LogP contribution in [0.1, 0.15) is 32.6 Å². The molecule has 0 aromatic heterocycles. The van der Waals surface area contributed by atoms with E-state index >= 15 is 0 Å². The number of alkyl halides is 2. The second-order valence-corrected chi connectivity index (χ2v) is 7.32. The summed E-state index contributed by atoms with van der Waals surface area (Å²) >= 11 is 0. The fourth-order valence-electron chi connectivity index (χ4n) is 4.01. The van der Waals surface area contributed by atoms with Crippen LogP contribution in [0.15, 0.2) is 18.2 Å². The predicted molar refractivity (Wildman–Crippen MR) is 91.9 cm³/mol. The summed E-state index contributed by atoms with van der Waals surface area (Å²) in [5, 5.41) is 5.24. The van der Waals surface area contributed by atoms with Crippen LogP contribution in [0.3, 0.4) is 0 Å². The molecule has 0 bridgehead atoms. The Balaban J connectivity index is 1.43. The molecule has 4 rings (SSSR count). The zero-order valence-corrected chi connectivity index (χ0v) is 15.1. The maximum absolute atomic E-state index is 13.1. The summed E-state index contributed by atoms with van der Waals surface area (Å²) in [6.45, 7) is 1.45. The largest absolute Gasteiger partial charge is 0.586 e. The standard InChI is InChI=1S/C18H19F2N3O5/c1-10-4-2-3-7-17(10)15(25)23(16(26)22-17)9-14(24)21-11-5-6-12-13(8-11)28-18(19,20)27-12/h5-6,8,10H,2-4,7,9H2,1H3,(H,21,24)(H,22,26)/t10-,17+/m0/s1. The highest BCUT2D eigenvalue weighted by Crippen LogP contribution is 2.42. The number of anilines is 1. The molecule has 1 aromatic carbocycles. The fourth-order valence-corrected chi connectivity index (χ4v) is 4.01. The molecule has 2 atom stereocenters. The van der Waals surface area contributed by atoms with Gasteiger partial charge in [0.1, 0.15) is 12.1 Å². The number of imide groups is 1. The van der Waals surface area contributed by atoms with E-state index in [4.69, 9.17) is 0 Å². The smallest absolute Gasteiger partial charge is 0.395 e. The molecule has 0 unspecified atom stereocenters. The third kappa shape index (κ3) is 3.02. The van der Waals surface area contributed by atoms with Gasteiger partial charge in [0.2, 0.25) is 5.91 Å². The van der Waals surface area contributed by atoms with Gasteiger partial charge in [-0.05, 0) is 30.9 Å². The van der Waals surface area contributed by atoms with Gasteiger partial charge in [0.15, 0.2) is 11.5 Å². The number of nitrogens with zero attached hydrogens (tertiary/aromatic N) is 1. The Morgan fingerprint density at radius 1 is 1.29 bits per heavy atom. The van der Waals surface area contributed by atoms with E-state index in [1.165, 1.54) is 18.2 Å². The van der Waals surface area contributed by atoms with Crippen molar-refractivity contribution in [2.75, 3.05) is 11.9 Å². The maximum Gasteiger partial charge on any atom is 0.586 e. The van der Waals surface area contributed by atoms with E-state index in [9.17, 15) is 23.2 Å². The molecule has 4 amide bonds. The highest BCUT2D eigenvalue weighted by atomic mass is 19.3. The number of rotatable bonds is 3. The molecule has 2 heterocycles. The molecule has 2 aliphatic heterocycles. The molecule has 150 valence electrons. The number of fused-ring (bicyclic) bond motifs is 1. The van der Waals surface area contributed by atoms with Crippen molar-refractivity contribution in [3.05, 3.63) is 18.2 Å². The molecule has 1 saturated heterocycles. The Hall–Kier alpha value is -2.91. The van der Waals surface area contributed by atoms with Crippen LogP contribution >= 0.6 is 0 Å². The molecule has 1 aromatic rings. The Morgan fingerprint density at radius 3 is 2.79 bits per heavy atom. The Kier molecular flexibility index (Phi) is 4.16. The van der Waals surface area contributed by atoms with Crippen molar-refractivity contribution in [1.29, 1.82) is 0 Å². The summed E-state index contributed by atoms with van der Waals surface area (Å²) in [6.07, 6.45) is -0.551. The third-order valence-corrected chi connectivity index (χ3v) is 5.49. The molecular weight excluding hydrogens is 376 g/mol. The zero-order chi connectivity index (χ0) is 20.1. The minimum absolute atomic E-state index is 0.0127. The van der Waals surface area contributed by atoms with Gasteiger partial charge in [0.25, 0.3) is 5.91 Å². The van der Waals surface area contributed by atoms with E-state index in [1.54, 1.807) is 0 Å². The van der Waals surface area contributed by atoms with Gasteiger partial charge in [-0.15, -0.1) is 8.78 Å². The third-order valence-electron chi connectivity index (χ3n) is 5.49. The summed E-state index contributed by atoms with van der Waals surface area (Å²) in [5.41, 5.74) is -0.766. The maximum atomic E-state index is 13.1. The van der Waals surface area contributed by atoms with Gasteiger partial charge >= 0.3 is 12.3 Å². The highest BCUT2D eigenvalue weighted by molar-refractivity contribution is 6.10. The van der Waals surface area contributed by atoms with Crippen LogP contribution in [0.2, 0.25) is 0 Å². The van der Waals surface area contributed by atoms with Crippen molar-refractivity contribution in [3.8, 4) is 11.5 Å². The summed E-state index contributed by atoms with van der Waals surface area (Å²) in [4.78, 5) is 38.4. The molecule has 10 heteroatoms. The van der Waals surface area contributed by atoms with Crippen LogP contribution < -0.4 is 20.1 Å². The van der Waals surface area contributed by atoms with Crippen molar-refractivity contribution < 1.29 is 32.6 Å². The molecule has 1 saturated carbocycles. The second-order valence-electron chi connectivity index (χ2n) is 7.32. The lowest BCUT2D eigenvalue weighted by molar-refractivity contribution is -0.286. The number of nitrogens with one attached hydrogen (secondary N) is 2. The van der Waals surface area contributed by atoms with Crippen molar-refractivity contribution in [1.82, 2.24) is 10.2 Å². The Labute approximate surface area is 159 Å². The first-order valence-corrected chi connectivity index (χ1v) is 9.04. The number of benzene rings is 1. The number of hydrogen-bond acceptors (Lipinski definition) is 5. The molecule has 2 fully saturated rings. The van der Waals surface area contributed by atoms with Gasteiger partial charge in [0.05, 0.1) is 0 Å².